The summed E-state index contributed by atoms with van der Waals surface area (Å²) in [5.74, 6) is -2.09. The number of carbonyl (C=O) groups excluding carboxylic acids is 2. The molecule has 28 heavy (non-hydrogen) atoms. The van der Waals surface area contributed by atoms with Crippen LogP contribution in [0, 0.1) is 3.57 Å². The van der Waals surface area contributed by atoms with Crippen LogP contribution in [0.5, 0.6) is 0 Å². The molecule has 2 rings (SSSR count). The number of rotatable bonds is 3. The zero-order chi connectivity index (χ0) is 21.3. The Morgan fingerprint density at radius 3 is 1.93 bits per heavy atom. The van der Waals surface area contributed by atoms with Gasteiger partial charge in [0.15, 0.2) is 0 Å². The highest BCUT2D eigenvalue weighted by Crippen LogP contribution is 2.36. The largest absolute Gasteiger partial charge is 0.465 e. The van der Waals surface area contributed by atoms with Gasteiger partial charge >= 0.3 is 18.3 Å². The first kappa shape index (κ1) is 22.0. The molecule has 0 radical (unpaired) electrons. The number of alkyl halides is 6. The standard InChI is InChI=1S/C17H10F6INO3/c1-28-15(27)12-7-11(24)2-3-13(12)25-14(26)8-4-9(16(18,19)20)6-10(5-8)17(21,22)23/h2-7H,1H3,(H,25,26). The van der Waals surface area contributed by atoms with Crippen LogP contribution in [0.25, 0.3) is 0 Å². The molecule has 2 aromatic carbocycles. The normalized spacial score (nSPS) is 11.9. The van der Waals surface area contributed by atoms with Crippen molar-refractivity contribution in [1.82, 2.24) is 0 Å². The summed E-state index contributed by atoms with van der Waals surface area (Å²) in [7, 11) is 1.08. The zero-order valence-corrected chi connectivity index (χ0v) is 16.0. The van der Waals surface area contributed by atoms with Gasteiger partial charge in [-0.1, -0.05) is 0 Å². The maximum absolute atomic E-state index is 12.9. The van der Waals surface area contributed by atoms with Gasteiger partial charge in [-0.15, -0.1) is 0 Å². The number of ether oxygens (including phenoxy) is 1. The van der Waals surface area contributed by atoms with Crippen molar-refractivity contribution < 1.29 is 40.7 Å². The van der Waals surface area contributed by atoms with Crippen molar-refractivity contribution in [1.29, 1.82) is 0 Å². The van der Waals surface area contributed by atoms with Gasteiger partial charge in [0.1, 0.15) is 0 Å². The highest BCUT2D eigenvalue weighted by Gasteiger charge is 2.37. The lowest BCUT2D eigenvalue weighted by molar-refractivity contribution is -0.143. The third-order valence-corrected chi connectivity index (χ3v) is 4.16. The number of hydrogen-bond donors (Lipinski definition) is 1. The van der Waals surface area contributed by atoms with Crippen LogP contribution in [0.15, 0.2) is 36.4 Å². The minimum atomic E-state index is -5.09. The third kappa shape index (κ3) is 5.14. The Labute approximate surface area is 168 Å². The van der Waals surface area contributed by atoms with Crippen molar-refractivity contribution in [2.75, 3.05) is 12.4 Å². The van der Waals surface area contributed by atoms with E-state index in [-0.39, 0.29) is 17.3 Å². The van der Waals surface area contributed by atoms with Crippen LogP contribution in [0.2, 0.25) is 0 Å². The third-order valence-electron chi connectivity index (χ3n) is 3.48. The summed E-state index contributed by atoms with van der Waals surface area (Å²) in [6.07, 6.45) is -10.2. The summed E-state index contributed by atoms with van der Waals surface area (Å²) in [5.41, 5.74) is -4.34. The molecule has 4 nitrogen and oxygen atoms in total. The van der Waals surface area contributed by atoms with Gasteiger partial charge < -0.3 is 10.1 Å². The van der Waals surface area contributed by atoms with Crippen LogP contribution in [0.4, 0.5) is 32.0 Å². The van der Waals surface area contributed by atoms with Gasteiger partial charge in [0.2, 0.25) is 0 Å². The van der Waals surface area contributed by atoms with Gasteiger partial charge in [-0.3, -0.25) is 4.79 Å². The lowest BCUT2D eigenvalue weighted by Crippen LogP contribution is -2.18. The number of hydrogen-bond acceptors (Lipinski definition) is 3. The molecule has 0 spiro atoms. The van der Waals surface area contributed by atoms with Gasteiger partial charge in [-0.2, -0.15) is 26.3 Å². The van der Waals surface area contributed by atoms with Gasteiger partial charge in [0, 0.05) is 9.13 Å². The monoisotopic (exact) mass is 517 g/mol. The highest BCUT2D eigenvalue weighted by molar-refractivity contribution is 14.1. The average Bonchev–Trinajstić information content (AvgIpc) is 2.60. The summed E-state index contributed by atoms with van der Waals surface area (Å²) in [6.45, 7) is 0. The maximum Gasteiger partial charge on any atom is 0.416 e. The summed E-state index contributed by atoms with van der Waals surface area (Å²) in [6, 6.07) is 4.63. The van der Waals surface area contributed by atoms with E-state index in [0.29, 0.717) is 15.7 Å². The number of benzene rings is 2. The quantitative estimate of drug-likeness (QED) is 0.339. The van der Waals surface area contributed by atoms with E-state index < -0.39 is 40.9 Å². The molecule has 0 saturated carbocycles. The lowest BCUT2D eigenvalue weighted by atomic mass is 10.0. The topological polar surface area (TPSA) is 55.4 Å². The molecule has 0 bridgehead atoms. The Bertz CT molecular complexity index is 892. The van der Waals surface area contributed by atoms with Crippen LogP contribution in [0.1, 0.15) is 31.8 Å². The van der Waals surface area contributed by atoms with Crippen LogP contribution < -0.4 is 5.32 Å². The highest BCUT2D eigenvalue weighted by atomic mass is 127. The number of carbonyl (C=O) groups is 2. The molecule has 0 aliphatic heterocycles. The molecule has 0 fully saturated rings. The molecule has 0 saturated heterocycles. The van der Waals surface area contributed by atoms with Crippen molar-refractivity contribution in [2.45, 2.75) is 12.4 Å². The first-order valence-electron chi connectivity index (χ1n) is 7.31. The fraction of sp³-hybridized carbons (Fsp3) is 0.176. The van der Waals surface area contributed by atoms with Gasteiger partial charge in [0.05, 0.1) is 29.5 Å². The summed E-state index contributed by atoms with van der Waals surface area (Å²) in [4.78, 5) is 24.1. The fourth-order valence-electron chi connectivity index (χ4n) is 2.18. The number of nitrogens with one attached hydrogen (secondary N) is 1. The van der Waals surface area contributed by atoms with E-state index in [9.17, 15) is 35.9 Å². The second-order valence-electron chi connectivity index (χ2n) is 5.43. The number of methoxy groups -OCH3 is 1. The SMILES string of the molecule is COC(=O)c1cc(I)ccc1NC(=O)c1cc(C(F)(F)F)cc(C(F)(F)F)c1. The van der Waals surface area contributed by atoms with Crippen LogP contribution in [-0.2, 0) is 17.1 Å². The van der Waals surface area contributed by atoms with Crippen molar-refractivity contribution in [3.63, 3.8) is 0 Å². The Morgan fingerprint density at radius 2 is 1.46 bits per heavy atom. The Balaban J connectivity index is 2.49. The maximum atomic E-state index is 12.9. The minimum absolute atomic E-state index is 0.0818. The second kappa shape index (κ2) is 7.97. The lowest BCUT2D eigenvalue weighted by Gasteiger charge is -2.15. The molecule has 0 atom stereocenters. The first-order chi connectivity index (χ1) is 12.8. The fourth-order valence-corrected chi connectivity index (χ4v) is 2.68. The molecule has 11 heteroatoms. The van der Waals surface area contributed by atoms with Gasteiger partial charge in [-0.05, 0) is 59.0 Å². The molecule has 0 aromatic heterocycles. The number of esters is 1. The molecule has 0 unspecified atom stereocenters. The summed E-state index contributed by atoms with van der Waals surface area (Å²) < 4.78 is 82.7. The van der Waals surface area contributed by atoms with E-state index in [0.717, 1.165) is 7.11 Å². The smallest absolute Gasteiger partial charge is 0.416 e. The van der Waals surface area contributed by atoms with Crippen molar-refractivity contribution in [2.24, 2.45) is 0 Å². The Morgan fingerprint density at radius 1 is 0.929 bits per heavy atom. The van der Waals surface area contributed by atoms with Crippen molar-refractivity contribution >= 4 is 40.2 Å². The predicted octanol–water partition coefficient (Wildman–Crippen LogP) is 5.37. The van der Waals surface area contributed by atoms with E-state index in [1.54, 1.807) is 0 Å². The average molecular weight is 517 g/mol. The van der Waals surface area contributed by atoms with Crippen LogP contribution in [0.3, 0.4) is 0 Å². The predicted molar refractivity (Wildman–Crippen MR) is 94.9 cm³/mol. The zero-order valence-electron chi connectivity index (χ0n) is 13.8. The number of amides is 1. The number of anilines is 1. The van der Waals surface area contributed by atoms with Crippen LogP contribution in [-0.4, -0.2) is 19.0 Å². The van der Waals surface area contributed by atoms with Crippen LogP contribution >= 0.6 is 22.6 Å². The summed E-state index contributed by atoms with van der Waals surface area (Å²) in [5, 5.41) is 2.15. The minimum Gasteiger partial charge on any atom is -0.465 e. The molecule has 2 aromatic rings. The van der Waals surface area contributed by atoms with E-state index in [1.807, 2.05) is 22.6 Å². The molecule has 1 N–H and O–H groups in total. The molecule has 0 aliphatic carbocycles. The van der Waals surface area contributed by atoms with Gasteiger partial charge in [-0.25, -0.2) is 4.79 Å². The Hall–Kier alpha value is -2.31. The summed E-state index contributed by atoms with van der Waals surface area (Å²) >= 11 is 1.87. The van der Waals surface area contributed by atoms with E-state index in [4.69, 9.17) is 0 Å². The molecule has 0 heterocycles. The molecule has 1 amide bonds. The first-order valence-corrected chi connectivity index (χ1v) is 8.39. The van der Waals surface area contributed by atoms with E-state index in [2.05, 4.69) is 10.1 Å². The van der Waals surface area contributed by atoms with Crippen molar-refractivity contribution in [3.8, 4) is 0 Å². The molecule has 0 aliphatic rings. The van der Waals surface area contributed by atoms with E-state index >= 15 is 0 Å². The molecular weight excluding hydrogens is 507 g/mol. The van der Waals surface area contributed by atoms with Crippen molar-refractivity contribution in [3.05, 3.63) is 62.2 Å². The number of halogens is 7. The molecule has 150 valence electrons. The Kier molecular flexibility index (Phi) is 6.26. The van der Waals surface area contributed by atoms with E-state index in [1.165, 1.54) is 18.2 Å². The van der Waals surface area contributed by atoms with Gasteiger partial charge in [0.25, 0.3) is 5.91 Å². The second-order valence-corrected chi connectivity index (χ2v) is 6.68. The molecular formula is C17H10F6INO3.